The Kier molecular flexibility index (Phi) is 5.65. The van der Waals surface area contributed by atoms with Crippen molar-refractivity contribution in [2.45, 2.75) is 66.2 Å². The second-order valence-corrected chi connectivity index (χ2v) is 10.7. The zero-order chi connectivity index (χ0) is 23.3. The van der Waals surface area contributed by atoms with Crippen LogP contribution in [0.3, 0.4) is 0 Å². The molecule has 7 nitrogen and oxygen atoms in total. The molecule has 0 atom stereocenters. The van der Waals surface area contributed by atoms with Crippen molar-refractivity contribution < 1.29 is 9.53 Å². The van der Waals surface area contributed by atoms with Gasteiger partial charge in [0.05, 0.1) is 4.53 Å². The molecule has 8 heteroatoms. The molecule has 2 aromatic heterocycles. The van der Waals surface area contributed by atoms with Crippen LogP contribution in [0.2, 0.25) is 0 Å². The first kappa shape index (κ1) is 22.8. The molecular formula is C23H27N3O4S. The second-order valence-electron chi connectivity index (χ2n) is 9.65. The van der Waals surface area contributed by atoms with Crippen LogP contribution in [-0.4, -0.2) is 20.6 Å². The molecule has 0 aliphatic heterocycles. The maximum absolute atomic E-state index is 12.8. The van der Waals surface area contributed by atoms with Gasteiger partial charge in [-0.25, -0.2) is 0 Å². The summed E-state index contributed by atoms with van der Waals surface area (Å²) < 4.78 is 7.25. The van der Waals surface area contributed by atoms with Crippen LogP contribution in [0, 0.1) is 6.92 Å². The van der Waals surface area contributed by atoms with Crippen molar-refractivity contribution in [2.75, 3.05) is 0 Å². The van der Waals surface area contributed by atoms with Gasteiger partial charge < -0.3 is 4.74 Å². The number of aromatic nitrogens is 3. The van der Waals surface area contributed by atoms with Gasteiger partial charge in [-0.05, 0) is 41.5 Å². The lowest BCUT2D eigenvalue weighted by atomic mass is 9.78. The fraction of sp³-hybridized carbons (Fsp3) is 0.435. The molecule has 164 valence electrons. The van der Waals surface area contributed by atoms with Gasteiger partial charge in [-0.15, -0.1) is 0 Å². The number of rotatable bonds is 2. The van der Waals surface area contributed by atoms with Crippen LogP contribution >= 0.6 is 11.3 Å². The molecule has 0 N–H and O–H groups in total. The highest BCUT2D eigenvalue weighted by atomic mass is 32.1. The number of nitrogens with zero attached hydrogens (tertiary/aromatic N) is 3. The molecule has 2 heterocycles. The minimum Gasteiger partial charge on any atom is -0.426 e. The summed E-state index contributed by atoms with van der Waals surface area (Å²) in [6.45, 7) is 15.2. The molecule has 0 aliphatic carbocycles. The van der Waals surface area contributed by atoms with Gasteiger partial charge in [0.15, 0.2) is 0 Å². The van der Waals surface area contributed by atoms with Gasteiger partial charge >= 0.3 is 5.97 Å². The summed E-state index contributed by atoms with van der Waals surface area (Å²) >= 11 is 1.12. The molecule has 0 saturated heterocycles. The Labute approximate surface area is 184 Å². The molecule has 0 radical (unpaired) electrons. The van der Waals surface area contributed by atoms with Gasteiger partial charge in [0.25, 0.3) is 11.1 Å². The number of thiazole rings is 1. The number of ether oxygens (including phenoxy) is 1. The van der Waals surface area contributed by atoms with E-state index in [0.29, 0.717) is 10.3 Å². The third kappa shape index (κ3) is 4.58. The Morgan fingerprint density at radius 2 is 1.61 bits per heavy atom. The van der Waals surface area contributed by atoms with Crippen LogP contribution in [0.5, 0.6) is 5.75 Å². The molecule has 0 spiro atoms. The molecule has 0 aliphatic rings. The fourth-order valence-corrected chi connectivity index (χ4v) is 4.14. The number of hydrogen-bond acceptors (Lipinski definition) is 7. The zero-order valence-corrected chi connectivity index (χ0v) is 19.9. The summed E-state index contributed by atoms with van der Waals surface area (Å²) in [7, 11) is 0. The summed E-state index contributed by atoms with van der Waals surface area (Å²) in [5, 5.41) is 4.06. The Morgan fingerprint density at radius 1 is 1.06 bits per heavy atom. The highest BCUT2D eigenvalue weighted by Gasteiger charge is 2.28. The quantitative estimate of drug-likeness (QED) is 0.449. The molecule has 0 amide bonds. The maximum Gasteiger partial charge on any atom is 0.308 e. The standard InChI is InChI=1S/C23H27N3O4S/c1-12-19(28)24-21-26(25-12)20(29)17(31-21)11-14-9-15(22(3,4)5)18(30-13(2)27)16(10-14)23(6,7)8/h9-11H,1-8H3. The number of benzene rings is 1. The Balaban J connectivity index is 2.36. The van der Waals surface area contributed by atoms with Crippen molar-refractivity contribution in [3.05, 3.63) is 59.8 Å². The van der Waals surface area contributed by atoms with Crippen LogP contribution in [0.4, 0.5) is 0 Å². The monoisotopic (exact) mass is 441 g/mol. The van der Waals surface area contributed by atoms with E-state index in [0.717, 1.165) is 32.5 Å². The van der Waals surface area contributed by atoms with Crippen molar-refractivity contribution in [3.8, 4) is 5.75 Å². The highest BCUT2D eigenvalue weighted by molar-refractivity contribution is 7.15. The summed E-state index contributed by atoms with van der Waals surface area (Å²) in [5.41, 5.74) is 1.35. The second kappa shape index (κ2) is 7.67. The predicted octanol–water partition coefficient (Wildman–Crippen LogP) is 2.89. The molecule has 3 rings (SSSR count). The van der Waals surface area contributed by atoms with Crippen LogP contribution in [0.1, 0.15) is 70.9 Å². The molecule has 1 aromatic carbocycles. The third-order valence-corrected chi connectivity index (χ3v) is 5.77. The zero-order valence-electron chi connectivity index (χ0n) is 19.1. The lowest BCUT2D eigenvalue weighted by molar-refractivity contribution is -0.132. The van der Waals surface area contributed by atoms with Gasteiger partial charge in [0.2, 0.25) is 4.96 Å². The van der Waals surface area contributed by atoms with E-state index in [1.165, 1.54) is 13.8 Å². The lowest BCUT2D eigenvalue weighted by Gasteiger charge is -2.29. The van der Waals surface area contributed by atoms with E-state index in [4.69, 9.17) is 4.74 Å². The Hall–Kier alpha value is -2.87. The first-order valence-electron chi connectivity index (χ1n) is 9.98. The number of fused-ring (bicyclic) bond motifs is 1. The number of hydrogen-bond donors (Lipinski definition) is 0. The van der Waals surface area contributed by atoms with E-state index in [1.54, 1.807) is 6.08 Å². The maximum atomic E-state index is 12.8. The van der Waals surface area contributed by atoms with E-state index >= 15 is 0 Å². The Bertz CT molecular complexity index is 1320. The highest BCUT2D eigenvalue weighted by Crippen LogP contribution is 2.41. The van der Waals surface area contributed by atoms with Gasteiger partial charge in [0.1, 0.15) is 11.4 Å². The number of aryl methyl sites for hydroxylation is 1. The molecule has 0 fully saturated rings. The summed E-state index contributed by atoms with van der Waals surface area (Å²) in [4.78, 5) is 40.7. The van der Waals surface area contributed by atoms with Gasteiger partial charge in [0, 0.05) is 18.1 Å². The van der Waals surface area contributed by atoms with Gasteiger partial charge in [-0.1, -0.05) is 52.9 Å². The number of carbonyl (C=O) groups excluding carboxylic acids is 1. The first-order chi connectivity index (χ1) is 14.2. The lowest BCUT2D eigenvalue weighted by Crippen LogP contribution is -2.27. The average molecular weight is 442 g/mol. The summed E-state index contributed by atoms with van der Waals surface area (Å²) in [6.07, 6.45) is 1.77. The Morgan fingerprint density at radius 3 is 2.10 bits per heavy atom. The normalized spacial score (nSPS) is 13.1. The minimum absolute atomic E-state index is 0.176. The minimum atomic E-state index is -0.441. The van der Waals surface area contributed by atoms with Crippen LogP contribution in [0.25, 0.3) is 11.0 Å². The number of esters is 1. The molecule has 3 aromatic rings. The topological polar surface area (TPSA) is 90.6 Å². The SMILES string of the molecule is CC(=O)Oc1c(C(C)(C)C)cc(C=c2sc3nc(=O)c(C)nn3c2=O)cc1C(C)(C)C. The van der Waals surface area contributed by atoms with Crippen LogP contribution in [0.15, 0.2) is 21.7 Å². The average Bonchev–Trinajstić information content (AvgIpc) is 2.89. The molecule has 0 bridgehead atoms. The predicted molar refractivity (Wildman–Crippen MR) is 122 cm³/mol. The van der Waals surface area contributed by atoms with Crippen molar-refractivity contribution in [3.63, 3.8) is 0 Å². The largest absolute Gasteiger partial charge is 0.426 e. The fourth-order valence-electron chi connectivity index (χ4n) is 3.24. The van der Waals surface area contributed by atoms with Crippen molar-refractivity contribution in [2.24, 2.45) is 0 Å². The van der Waals surface area contributed by atoms with E-state index in [-0.39, 0.29) is 33.0 Å². The van der Waals surface area contributed by atoms with Crippen molar-refractivity contribution >= 4 is 28.3 Å². The van der Waals surface area contributed by atoms with Gasteiger partial charge in [-0.3, -0.25) is 14.4 Å². The smallest absolute Gasteiger partial charge is 0.308 e. The molecule has 31 heavy (non-hydrogen) atoms. The van der Waals surface area contributed by atoms with Crippen LogP contribution < -0.4 is 20.4 Å². The third-order valence-electron chi connectivity index (χ3n) is 4.81. The van der Waals surface area contributed by atoms with E-state index < -0.39 is 5.56 Å². The van der Waals surface area contributed by atoms with E-state index in [9.17, 15) is 14.4 Å². The molecular weight excluding hydrogens is 414 g/mol. The first-order valence-corrected chi connectivity index (χ1v) is 10.8. The molecule has 0 unspecified atom stereocenters. The van der Waals surface area contributed by atoms with E-state index in [1.807, 2.05) is 53.7 Å². The van der Waals surface area contributed by atoms with Crippen LogP contribution in [-0.2, 0) is 15.6 Å². The molecule has 0 saturated carbocycles. The van der Waals surface area contributed by atoms with Crippen molar-refractivity contribution in [1.29, 1.82) is 0 Å². The summed E-state index contributed by atoms with van der Waals surface area (Å²) in [5.74, 6) is 0.184. The van der Waals surface area contributed by atoms with Crippen molar-refractivity contribution in [1.82, 2.24) is 14.6 Å². The van der Waals surface area contributed by atoms with Gasteiger partial charge in [-0.2, -0.15) is 14.6 Å². The summed E-state index contributed by atoms with van der Waals surface area (Å²) in [6, 6.07) is 3.88. The number of carbonyl (C=O) groups is 1. The van der Waals surface area contributed by atoms with E-state index in [2.05, 4.69) is 10.1 Å².